The molecule has 0 saturated heterocycles. The highest BCUT2D eigenvalue weighted by Crippen LogP contribution is 2.29. The van der Waals surface area contributed by atoms with Crippen LogP contribution < -0.4 is 5.73 Å². The molecule has 0 amide bonds. The lowest BCUT2D eigenvalue weighted by atomic mass is 9.80. The first-order valence-electron chi connectivity index (χ1n) is 4.39. The second kappa shape index (κ2) is 3.73. The quantitative estimate of drug-likeness (QED) is 0.621. The highest BCUT2D eigenvalue weighted by molar-refractivity contribution is 4.93. The SMILES string of the molecule is CC1CCC(C(N)C#N)CC1. The van der Waals surface area contributed by atoms with Gasteiger partial charge in [0.25, 0.3) is 0 Å². The van der Waals surface area contributed by atoms with Gasteiger partial charge < -0.3 is 5.73 Å². The van der Waals surface area contributed by atoms with Gasteiger partial charge in [-0.25, -0.2) is 0 Å². The Hall–Kier alpha value is -0.550. The van der Waals surface area contributed by atoms with Gasteiger partial charge in [0.15, 0.2) is 0 Å². The maximum Gasteiger partial charge on any atom is 0.0956 e. The first-order chi connectivity index (χ1) is 5.24. The maximum absolute atomic E-state index is 8.58. The number of nitriles is 1. The summed E-state index contributed by atoms with van der Waals surface area (Å²) in [6.45, 7) is 2.27. The summed E-state index contributed by atoms with van der Waals surface area (Å²) in [7, 11) is 0. The van der Waals surface area contributed by atoms with Crippen molar-refractivity contribution < 1.29 is 0 Å². The normalized spacial score (nSPS) is 34.3. The van der Waals surface area contributed by atoms with Crippen LogP contribution in [0, 0.1) is 23.2 Å². The molecule has 1 fully saturated rings. The summed E-state index contributed by atoms with van der Waals surface area (Å²) in [4.78, 5) is 0. The summed E-state index contributed by atoms with van der Waals surface area (Å²) in [6.07, 6.45) is 4.80. The lowest BCUT2D eigenvalue weighted by Gasteiger charge is -2.27. The third-order valence-electron chi connectivity index (χ3n) is 2.72. The minimum atomic E-state index is -0.220. The molecule has 0 bridgehead atoms. The van der Waals surface area contributed by atoms with Crippen LogP contribution in [0.3, 0.4) is 0 Å². The summed E-state index contributed by atoms with van der Waals surface area (Å²) in [6, 6.07) is 1.91. The molecule has 1 rings (SSSR count). The Morgan fingerprint density at radius 2 is 1.91 bits per heavy atom. The monoisotopic (exact) mass is 152 g/mol. The van der Waals surface area contributed by atoms with Crippen molar-refractivity contribution in [2.75, 3.05) is 0 Å². The standard InChI is InChI=1S/C9H16N2/c1-7-2-4-8(5-3-7)9(11)6-10/h7-9H,2-5,11H2,1H3. The van der Waals surface area contributed by atoms with Crippen LogP contribution in [-0.2, 0) is 0 Å². The lowest BCUT2D eigenvalue weighted by Crippen LogP contribution is -2.31. The third kappa shape index (κ3) is 2.20. The van der Waals surface area contributed by atoms with E-state index in [9.17, 15) is 0 Å². The van der Waals surface area contributed by atoms with Gasteiger partial charge in [-0.3, -0.25) is 0 Å². The maximum atomic E-state index is 8.58. The molecule has 2 nitrogen and oxygen atoms in total. The van der Waals surface area contributed by atoms with E-state index in [2.05, 4.69) is 13.0 Å². The molecule has 0 aromatic carbocycles. The number of hydrogen-bond acceptors (Lipinski definition) is 2. The molecule has 1 aliphatic carbocycles. The van der Waals surface area contributed by atoms with Crippen LogP contribution in [-0.4, -0.2) is 6.04 Å². The van der Waals surface area contributed by atoms with Crippen molar-refractivity contribution in [1.29, 1.82) is 5.26 Å². The Kier molecular flexibility index (Phi) is 2.90. The Labute approximate surface area is 68.4 Å². The molecule has 0 spiro atoms. The zero-order chi connectivity index (χ0) is 8.27. The van der Waals surface area contributed by atoms with Crippen LogP contribution in [0.5, 0.6) is 0 Å². The van der Waals surface area contributed by atoms with Crippen molar-refractivity contribution in [1.82, 2.24) is 0 Å². The van der Waals surface area contributed by atoms with Gasteiger partial charge in [-0.15, -0.1) is 0 Å². The van der Waals surface area contributed by atoms with Gasteiger partial charge in [-0.2, -0.15) is 5.26 Å². The molecule has 1 atom stereocenters. The van der Waals surface area contributed by atoms with Gasteiger partial charge in [0, 0.05) is 0 Å². The number of hydrogen-bond donors (Lipinski definition) is 1. The van der Waals surface area contributed by atoms with Gasteiger partial charge in [-0.1, -0.05) is 19.8 Å². The molecule has 0 aromatic heterocycles. The van der Waals surface area contributed by atoms with E-state index in [4.69, 9.17) is 11.0 Å². The number of nitrogens with zero attached hydrogens (tertiary/aromatic N) is 1. The van der Waals surface area contributed by atoms with Crippen molar-refractivity contribution >= 4 is 0 Å². The highest BCUT2D eigenvalue weighted by Gasteiger charge is 2.22. The van der Waals surface area contributed by atoms with Gasteiger partial charge in [0.1, 0.15) is 0 Å². The van der Waals surface area contributed by atoms with Crippen molar-refractivity contribution in [3.05, 3.63) is 0 Å². The van der Waals surface area contributed by atoms with Crippen LogP contribution >= 0.6 is 0 Å². The van der Waals surface area contributed by atoms with Crippen LogP contribution in [0.4, 0.5) is 0 Å². The summed E-state index contributed by atoms with van der Waals surface area (Å²) >= 11 is 0. The van der Waals surface area contributed by atoms with E-state index < -0.39 is 0 Å². The predicted octanol–water partition coefficient (Wildman–Crippen LogP) is 1.66. The highest BCUT2D eigenvalue weighted by atomic mass is 14.7. The average molecular weight is 152 g/mol. The first-order valence-corrected chi connectivity index (χ1v) is 4.39. The second-order valence-corrected chi connectivity index (χ2v) is 3.67. The van der Waals surface area contributed by atoms with Crippen LogP contribution in [0.1, 0.15) is 32.6 Å². The first kappa shape index (κ1) is 8.55. The molecule has 0 aromatic rings. The molecule has 0 radical (unpaired) electrons. The van der Waals surface area contributed by atoms with Gasteiger partial charge in [-0.05, 0) is 24.7 Å². The molecule has 62 valence electrons. The third-order valence-corrected chi connectivity index (χ3v) is 2.72. The van der Waals surface area contributed by atoms with Crippen LogP contribution in [0.25, 0.3) is 0 Å². The predicted molar refractivity (Wildman–Crippen MR) is 44.7 cm³/mol. The Bertz CT molecular complexity index is 151. The molecule has 1 aliphatic rings. The fourth-order valence-corrected chi connectivity index (χ4v) is 1.75. The molecule has 1 unspecified atom stereocenters. The largest absolute Gasteiger partial charge is 0.316 e. The summed E-state index contributed by atoms with van der Waals surface area (Å²) in [5.74, 6) is 1.31. The zero-order valence-electron chi connectivity index (χ0n) is 7.09. The van der Waals surface area contributed by atoms with Crippen molar-refractivity contribution in [2.45, 2.75) is 38.6 Å². The van der Waals surface area contributed by atoms with Gasteiger partial charge >= 0.3 is 0 Å². The molecular weight excluding hydrogens is 136 g/mol. The minimum absolute atomic E-state index is 0.220. The molecule has 1 saturated carbocycles. The number of rotatable bonds is 1. The van der Waals surface area contributed by atoms with E-state index in [0.717, 1.165) is 18.8 Å². The molecule has 2 heteroatoms. The van der Waals surface area contributed by atoms with Gasteiger partial charge in [0.2, 0.25) is 0 Å². The van der Waals surface area contributed by atoms with Crippen LogP contribution in [0.15, 0.2) is 0 Å². The fraction of sp³-hybridized carbons (Fsp3) is 0.889. The topological polar surface area (TPSA) is 49.8 Å². The van der Waals surface area contributed by atoms with E-state index in [1.807, 2.05) is 0 Å². The molecule has 11 heavy (non-hydrogen) atoms. The minimum Gasteiger partial charge on any atom is -0.316 e. The van der Waals surface area contributed by atoms with E-state index in [0.29, 0.717) is 5.92 Å². The molecule has 0 aliphatic heterocycles. The lowest BCUT2D eigenvalue weighted by molar-refractivity contribution is 0.275. The summed E-state index contributed by atoms with van der Waals surface area (Å²) in [5.41, 5.74) is 5.63. The Morgan fingerprint density at radius 3 is 2.36 bits per heavy atom. The van der Waals surface area contributed by atoms with E-state index in [-0.39, 0.29) is 6.04 Å². The van der Waals surface area contributed by atoms with Gasteiger partial charge in [0.05, 0.1) is 12.1 Å². The second-order valence-electron chi connectivity index (χ2n) is 3.67. The smallest absolute Gasteiger partial charge is 0.0956 e. The van der Waals surface area contributed by atoms with E-state index >= 15 is 0 Å². The van der Waals surface area contributed by atoms with E-state index in [1.165, 1.54) is 12.8 Å². The molecule has 2 N–H and O–H groups in total. The average Bonchev–Trinajstić information content (AvgIpc) is 2.05. The Morgan fingerprint density at radius 1 is 1.36 bits per heavy atom. The molecule has 0 heterocycles. The summed E-state index contributed by atoms with van der Waals surface area (Å²) in [5, 5.41) is 8.58. The fourth-order valence-electron chi connectivity index (χ4n) is 1.75. The number of nitrogens with two attached hydrogens (primary N) is 1. The Balaban J connectivity index is 2.34. The van der Waals surface area contributed by atoms with Crippen molar-refractivity contribution in [3.63, 3.8) is 0 Å². The van der Waals surface area contributed by atoms with E-state index in [1.54, 1.807) is 0 Å². The molecular formula is C9H16N2. The summed E-state index contributed by atoms with van der Waals surface area (Å²) < 4.78 is 0. The van der Waals surface area contributed by atoms with Crippen molar-refractivity contribution in [3.8, 4) is 6.07 Å². The van der Waals surface area contributed by atoms with Crippen LogP contribution in [0.2, 0.25) is 0 Å². The van der Waals surface area contributed by atoms with Crippen molar-refractivity contribution in [2.24, 2.45) is 17.6 Å². The zero-order valence-corrected chi connectivity index (χ0v) is 7.09.